The lowest BCUT2D eigenvalue weighted by Crippen LogP contribution is -2.57. The fourth-order valence-corrected chi connectivity index (χ4v) is 6.10. The highest BCUT2D eigenvalue weighted by Gasteiger charge is 2.44. The average molecular weight is 540 g/mol. The minimum absolute atomic E-state index is 0.00912. The highest BCUT2D eigenvalue weighted by atomic mass is 19.1. The Kier molecular flexibility index (Phi) is 6.32. The molecule has 1 aromatic carbocycles. The van der Waals surface area contributed by atoms with Gasteiger partial charge >= 0.3 is 0 Å². The smallest absolute Gasteiger partial charge is 0.267 e. The molecule has 8 nitrogen and oxygen atoms in total. The van der Waals surface area contributed by atoms with Gasteiger partial charge in [-0.2, -0.15) is 0 Å². The maximum absolute atomic E-state index is 15.5. The first-order valence-corrected chi connectivity index (χ1v) is 13.0. The summed E-state index contributed by atoms with van der Waals surface area (Å²) in [4.78, 5) is 23.1. The molecule has 0 radical (unpaired) electrons. The first kappa shape index (κ1) is 25.7. The van der Waals surface area contributed by atoms with Crippen molar-refractivity contribution in [3.8, 4) is 22.4 Å². The first-order chi connectivity index (χ1) is 18.7. The largest absolute Gasteiger partial charge is 0.391 e. The molecule has 2 aliphatic carbocycles. The van der Waals surface area contributed by atoms with Crippen molar-refractivity contribution in [2.24, 2.45) is 23.3 Å². The van der Waals surface area contributed by atoms with Crippen molar-refractivity contribution in [3.63, 3.8) is 0 Å². The van der Waals surface area contributed by atoms with Crippen LogP contribution in [0.2, 0.25) is 0 Å². The van der Waals surface area contributed by atoms with E-state index in [4.69, 9.17) is 11.5 Å². The van der Waals surface area contributed by atoms with E-state index in [-0.39, 0.29) is 23.7 Å². The Morgan fingerprint density at radius 2 is 1.74 bits per heavy atom. The van der Waals surface area contributed by atoms with Crippen LogP contribution >= 0.6 is 0 Å². The van der Waals surface area contributed by atoms with Gasteiger partial charge in [-0.1, -0.05) is 6.07 Å². The molecule has 3 aromatic rings. The highest BCUT2D eigenvalue weighted by Crippen LogP contribution is 2.47. The van der Waals surface area contributed by atoms with Crippen molar-refractivity contribution in [1.29, 1.82) is 0 Å². The molecule has 0 spiro atoms. The van der Waals surface area contributed by atoms with Crippen molar-refractivity contribution in [3.05, 3.63) is 64.9 Å². The molecule has 1 amide bonds. The van der Waals surface area contributed by atoms with Gasteiger partial charge in [0.25, 0.3) is 5.91 Å². The lowest BCUT2D eigenvalue weighted by atomic mass is 9.86. The van der Waals surface area contributed by atoms with Crippen molar-refractivity contribution >= 4 is 11.6 Å². The van der Waals surface area contributed by atoms with E-state index in [1.165, 1.54) is 6.20 Å². The number of primary amides is 1. The Morgan fingerprint density at radius 1 is 1.03 bits per heavy atom. The number of hydrogen-bond donors (Lipinski definition) is 4. The third-order valence-electron chi connectivity index (χ3n) is 8.15. The monoisotopic (exact) mass is 539 g/mol. The van der Waals surface area contributed by atoms with Crippen LogP contribution in [0.25, 0.3) is 22.4 Å². The van der Waals surface area contributed by atoms with Gasteiger partial charge in [-0.3, -0.25) is 9.78 Å². The number of pyridine rings is 2. The number of amides is 1. The fourth-order valence-electron chi connectivity index (χ4n) is 6.10. The third-order valence-corrected chi connectivity index (χ3v) is 8.15. The minimum atomic E-state index is -1.05. The molecule has 0 bridgehead atoms. The molecule has 3 heterocycles. The number of piperidine rings is 1. The summed E-state index contributed by atoms with van der Waals surface area (Å²) in [5.41, 5.74) is 12.4. The number of aliphatic hydroxyl groups is 2. The molecule has 3 aliphatic rings. The Hall–Kier alpha value is -3.54. The Balaban J connectivity index is 1.55. The summed E-state index contributed by atoms with van der Waals surface area (Å²) in [6, 6.07) is 3.51. The topological polar surface area (TPSA) is 139 Å². The second kappa shape index (κ2) is 9.58. The van der Waals surface area contributed by atoms with Crippen LogP contribution in [0.4, 0.5) is 18.9 Å². The molecule has 39 heavy (non-hydrogen) atoms. The maximum Gasteiger partial charge on any atom is 0.267 e. The number of benzene rings is 1. The minimum Gasteiger partial charge on any atom is -0.391 e. The maximum atomic E-state index is 15.5. The molecule has 204 valence electrons. The Labute approximate surface area is 222 Å². The van der Waals surface area contributed by atoms with Crippen molar-refractivity contribution in [2.45, 2.75) is 43.9 Å². The molecule has 6 rings (SSSR count). The molecule has 1 aliphatic heterocycles. The Bertz CT molecular complexity index is 1460. The number of carbonyl (C=O) groups excluding carboxylic acids is 1. The van der Waals surface area contributed by atoms with Gasteiger partial charge in [0.15, 0.2) is 0 Å². The van der Waals surface area contributed by atoms with Crippen LogP contribution in [0.15, 0.2) is 30.5 Å². The molecule has 4 atom stereocenters. The van der Waals surface area contributed by atoms with Gasteiger partial charge in [0.1, 0.15) is 28.8 Å². The van der Waals surface area contributed by atoms with Crippen molar-refractivity contribution in [1.82, 2.24) is 9.97 Å². The van der Waals surface area contributed by atoms with E-state index in [0.717, 1.165) is 42.7 Å². The second-order valence-corrected chi connectivity index (χ2v) is 10.7. The number of aromatic nitrogens is 2. The lowest BCUT2D eigenvalue weighted by molar-refractivity contribution is 0.0593. The van der Waals surface area contributed by atoms with E-state index in [1.807, 2.05) is 4.90 Å². The van der Waals surface area contributed by atoms with Gasteiger partial charge in [-0.05, 0) is 49.8 Å². The molecule has 11 heteroatoms. The summed E-state index contributed by atoms with van der Waals surface area (Å²) >= 11 is 0. The number of carbonyl (C=O) groups is 1. The van der Waals surface area contributed by atoms with E-state index < -0.39 is 52.9 Å². The van der Waals surface area contributed by atoms with E-state index in [0.29, 0.717) is 42.2 Å². The van der Waals surface area contributed by atoms with Gasteiger partial charge in [0.05, 0.1) is 29.2 Å². The fraction of sp³-hybridized carbons (Fsp3) is 0.393. The molecule has 1 unspecified atom stereocenters. The molecule has 1 saturated heterocycles. The zero-order chi connectivity index (χ0) is 27.6. The third kappa shape index (κ3) is 4.34. The quantitative estimate of drug-likeness (QED) is 0.391. The van der Waals surface area contributed by atoms with Gasteiger partial charge in [-0.25, -0.2) is 18.2 Å². The lowest BCUT2D eigenvalue weighted by Gasteiger charge is -2.43. The van der Waals surface area contributed by atoms with Crippen LogP contribution in [0.5, 0.6) is 0 Å². The van der Waals surface area contributed by atoms with Gasteiger partial charge in [-0.15, -0.1) is 0 Å². The number of anilines is 1. The molecule has 6 N–H and O–H groups in total. The first-order valence-electron chi connectivity index (χ1n) is 13.0. The summed E-state index contributed by atoms with van der Waals surface area (Å²) in [6.07, 6.45) is 2.89. The zero-order valence-corrected chi connectivity index (χ0v) is 20.9. The van der Waals surface area contributed by atoms with Crippen LogP contribution in [0, 0.1) is 29.3 Å². The zero-order valence-electron chi connectivity index (χ0n) is 20.9. The number of hydrogen-bond acceptors (Lipinski definition) is 7. The van der Waals surface area contributed by atoms with E-state index in [2.05, 4.69) is 9.97 Å². The summed E-state index contributed by atoms with van der Waals surface area (Å²) in [6.45, 7) is 0.754. The number of aliphatic hydroxyl groups excluding tert-OH is 2. The van der Waals surface area contributed by atoms with Crippen LogP contribution in [-0.4, -0.2) is 51.3 Å². The van der Waals surface area contributed by atoms with Gasteiger partial charge in [0, 0.05) is 47.9 Å². The van der Waals surface area contributed by atoms with Crippen LogP contribution in [-0.2, 0) is 6.42 Å². The van der Waals surface area contributed by atoms with E-state index in [1.54, 1.807) is 0 Å². The number of nitrogens with zero attached hydrogens (tertiary/aromatic N) is 3. The van der Waals surface area contributed by atoms with Crippen LogP contribution in [0.1, 0.15) is 47.1 Å². The number of nitrogens with two attached hydrogens (primary N) is 2. The normalized spacial score (nSPS) is 24.6. The molecular weight excluding hydrogens is 511 g/mol. The SMILES string of the molecule is NC(=O)c1nc(-c2c(F)cccc2F)c(F)cc1-c1cnc2c(c1N1C[C@@H](N)[C@H](O)[C@@H](C3CC3)C1)CCC2O. The molecule has 2 fully saturated rings. The molecular formula is C28H28F3N5O3. The second-order valence-electron chi connectivity index (χ2n) is 10.7. The summed E-state index contributed by atoms with van der Waals surface area (Å²) < 4.78 is 44.6. The molecule has 2 aromatic heterocycles. The predicted octanol–water partition coefficient (Wildman–Crippen LogP) is 2.84. The number of rotatable bonds is 5. The van der Waals surface area contributed by atoms with E-state index >= 15 is 4.39 Å². The predicted molar refractivity (Wildman–Crippen MR) is 137 cm³/mol. The Morgan fingerprint density at radius 3 is 2.41 bits per heavy atom. The van der Waals surface area contributed by atoms with Crippen LogP contribution in [0.3, 0.4) is 0 Å². The van der Waals surface area contributed by atoms with Gasteiger partial charge in [0.2, 0.25) is 0 Å². The number of fused-ring (bicyclic) bond motifs is 1. The van der Waals surface area contributed by atoms with E-state index in [9.17, 15) is 23.8 Å². The number of halogens is 3. The summed E-state index contributed by atoms with van der Waals surface area (Å²) in [5, 5.41) is 21.3. The van der Waals surface area contributed by atoms with Crippen molar-refractivity contribution in [2.75, 3.05) is 18.0 Å². The molecule has 1 saturated carbocycles. The summed E-state index contributed by atoms with van der Waals surface area (Å²) in [5.74, 6) is -3.87. The average Bonchev–Trinajstić information content (AvgIpc) is 3.67. The van der Waals surface area contributed by atoms with Gasteiger partial charge < -0.3 is 26.6 Å². The van der Waals surface area contributed by atoms with Crippen LogP contribution < -0.4 is 16.4 Å². The van der Waals surface area contributed by atoms with Crippen molar-refractivity contribution < 1.29 is 28.2 Å². The summed E-state index contributed by atoms with van der Waals surface area (Å²) in [7, 11) is 0. The standard InChI is InChI=1S/C28H28F3N5O3/c29-17-2-1-3-18(30)22(17)25-19(31)8-14(24(35-25)28(33)39)15-9-34-23-13(6-7-21(23)37)26(15)36-10-16(12-4-5-12)27(38)20(32)11-36/h1-3,8-9,12,16,20-21,27,37-38H,4-7,10-11,32H2,(H2,33,39)/t16-,20-,21?,27-/m1/s1. The highest BCUT2D eigenvalue weighted by molar-refractivity contribution is 6.00.